The number of carbonyl (C=O) groups excluding carboxylic acids is 2. The molecule has 38 heavy (non-hydrogen) atoms. The van der Waals surface area contributed by atoms with Gasteiger partial charge in [0.2, 0.25) is 5.91 Å². The maximum absolute atomic E-state index is 13.5. The first-order valence-corrected chi connectivity index (χ1v) is 13.5. The Labute approximate surface area is 227 Å². The van der Waals surface area contributed by atoms with Gasteiger partial charge >= 0.3 is 6.09 Å². The van der Waals surface area contributed by atoms with E-state index in [-0.39, 0.29) is 11.9 Å². The van der Waals surface area contributed by atoms with Gasteiger partial charge in [-0.1, -0.05) is 66.7 Å². The lowest BCUT2D eigenvalue weighted by atomic mass is 9.98. The highest BCUT2D eigenvalue weighted by Crippen LogP contribution is 2.14. The highest BCUT2D eigenvalue weighted by atomic mass is 16.6. The van der Waals surface area contributed by atoms with Gasteiger partial charge in [0.1, 0.15) is 11.6 Å². The van der Waals surface area contributed by atoms with E-state index in [0.717, 1.165) is 44.1 Å². The molecule has 202 valence electrons. The molecule has 2 aromatic carbocycles. The number of nitrogens with one attached hydrogen (secondary N) is 2. The van der Waals surface area contributed by atoms with Crippen LogP contribution in [0.5, 0.6) is 0 Å². The largest absolute Gasteiger partial charge is 0.444 e. The molecule has 1 aromatic heterocycles. The Balaban J connectivity index is 1.66. The summed E-state index contributed by atoms with van der Waals surface area (Å²) in [5, 5.41) is 6.04. The smallest absolute Gasteiger partial charge is 0.408 e. The first-order valence-electron chi connectivity index (χ1n) is 13.5. The summed E-state index contributed by atoms with van der Waals surface area (Å²) in [7, 11) is 0. The molecule has 1 heterocycles. The quantitative estimate of drug-likeness (QED) is 0.290. The van der Waals surface area contributed by atoms with Crippen LogP contribution >= 0.6 is 0 Å². The number of carbonyl (C=O) groups is 2. The van der Waals surface area contributed by atoms with Crippen molar-refractivity contribution in [1.29, 1.82) is 0 Å². The molecule has 0 aliphatic rings. The van der Waals surface area contributed by atoms with Gasteiger partial charge in [0.05, 0.1) is 0 Å². The number of hydrogen-bond donors (Lipinski definition) is 2. The van der Waals surface area contributed by atoms with Crippen molar-refractivity contribution >= 4 is 12.0 Å². The first kappa shape index (κ1) is 28.9. The van der Waals surface area contributed by atoms with E-state index in [1.54, 1.807) is 33.2 Å². The van der Waals surface area contributed by atoms with Crippen LogP contribution in [-0.2, 0) is 28.8 Å². The number of aromatic nitrogens is 1. The van der Waals surface area contributed by atoms with Crippen molar-refractivity contribution < 1.29 is 14.3 Å². The molecular weight excluding hydrogens is 474 g/mol. The zero-order chi connectivity index (χ0) is 27.2. The SMILES string of the molecule is CC(C)(C)OC(=O)NC(Cc1cccnc1)C(=O)NC(CCCc1ccccc1)CCCc1ccccc1. The van der Waals surface area contributed by atoms with Crippen LogP contribution < -0.4 is 10.6 Å². The molecule has 0 aliphatic carbocycles. The Morgan fingerprint density at radius 1 is 0.789 bits per heavy atom. The Hall–Kier alpha value is -3.67. The third-order valence-corrected chi connectivity index (χ3v) is 6.24. The molecule has 0 saturated heterocycles. The van der Waals surface area contributed by atoms with Crippen LogP contribution in [-0.4, -0.2) is 34.7 Å². The second kappa shape index (κ2) is 14.9. The fourth-order valence-electron chi connectivity index (χ4n) is 4.40. The molecule has 0 radical (unpaired) electrons. The number of aryl methyl sites for hydroxylation is 2. The number of alkyl carbamates (subject to hydrolysis) is 1. The second-order valence-corrected chi connectivity index (χ2v) is 10.7. The summed E-state index contributed by atoms with van der Waals surface area (Å²) in [6.45, 7) is 5.41. The number of amides is 2. The van der Waals surface area contributed by atoms with Crippen molar-refractivity contribution in [3.05, 3.63) is 102 Å². The number of rotatable bonds is 13. The first-order chi connectivity index (χ1) is 18.3. The van der Waals surface area contributed by atoms with Crippen LogP contribution in [0.2, 0.25) is 0 Å². The number of pyridine rings is 1. The third kappa shape index (κ3) is 11.2. The number of nitrogens with zero attached hydrogens (tertiary/aromatic N) is 1. The van der Waals surface area contributed by atoms with Crippen molar-refractivity contribution in [2.45, 2.75) is 83.4 Å². The summed E-state index contributed by atoms with van der Waals surface area (Å²) in [6.07, 6.45) is 8.71. The molecule has 2 amide bonds. The summed E-state index contributed by atoms with van der Waals surface area (Å²) in [5.41, 5.74) is 2.80. The van der Waals surface area contributed by atoms with Gasteiger partial charge in [0.15, 0.2) is 0 Å². The highest BCUT2D eigenvalue weighted by Gasteiger charge is 2.26. The maximum atomic E-state index is 13.5. The van der Waals surface area contributed by atoms with Crippen molar-refractivity contribution in [3.63, 3.8) is 0 Å². The predicted octanol–water partition coefficient (Wildman–Crippen LogP) is 6.05. The van der Waals surface area contributed by atoms with Gasteiger partial charge in [-0.3, -0.25) is 9.78 Å². The monoisotopic (exact) mass is 515 g/mol. The van der Waals surface area contributed by atoms with Gasteiger partial charge in [-0.2, -0.15) is 0 Å². The zero-order valence-corrected chi connectivity index (χ0v) is 22.9. The summed E-state index contributed by atoms with van der Waals surface area (Å²) in [4.78, 5) is 30.3. The van der Waals surface area contributed by atoms with Gasteiger partial charge in [-0.25, -0.2) is 4.79 Å². The van der Waals surface area contributed by atoms with Gasteiger partial charge < -0.3 is 15.4 Å². The van der Waals surface area contributed by atoms with Crippen LogP contribution in [0.3, 0.4) is 0 Å². The molecule has 1 unspecified atom stereocenters. The van der Waals surface area contributed by atoms with E-state index in [9.17, 15) is 9.59 Å². The Morgan fingerprint density at radius 2 is 1.34 bits per heavy atom. The average Bonchev–Trinajstić information content (AvgIpc) is 2.89. The average molecular weight is 516 g/mol. The minimum atomic E-state index is -0.764. The van der Waals surface area contributed by atoms with Crippen LogP contribution in [0.25, 0.3) is 0 Å². The number of ether oxygens (including phenoxy) is 1. The fraction of sp³-hybridized carbons (Fsp3) is 0.406. The topological polar surface area (TPSA) is 80.3 Å². The molecule has 3 rings (SSSR count). The maximum Gasteiger partial charge on any atom is 0.408 e. The van der Waals surface area contributed by atoms with Gasteiger partial charge in [0, 0.05) is 24.9 Å². The second-order valence-electron chi connectivity index (χ2n) is 10.7. The van der Waals surface area contributed by atoms with Crippen LogP contribution in [0.4, 0.5) is 4.79 Å². The molecule has 3 aromatic rings. The van der Waals surface area contributed by atoms with Gasteiger partial charge in [-0.05, 0) is 82.1 Å². The molecule has 0 fully saturated rings. The van der Waals surface area contributed by atoms with Crippen molar-refractivity contribution in [2.24, 2.45) is 0 Å². The molecular formula is C32H41N3O3. The Morgan fingerprint density at radius 3 is 1.84 bits per heavy atom. The lowest BCUT2D eigenvalue weighted by Crippen LogP contribution is -2.51. The highest BCUT2D eigenvalue weighted by molar-refractivity contribution is 5.86. The van der Waals surface area contributed by atoms with Crippen LogP contribution in [0.1, 0.15) is 63.1 Å². The van der Waals surface area contributed by atoms with E-state index in [1.165, 1.54) is 11.1 Å². The molecule has 0 bridgehead atoms. The molecule has 0 saturated carbocycles. The summed E-state index contributed by atoms with van der Waals surface area (Å²) >= 11 is 0. The molecule has 6 heteroatoms. The predicted molar refractivity (Wildman–Crippen MR) is 152 cm³/mol. The minimum absolute atomic E-state index is 0.00626. The van der Waals surface area contributed by atoms with E-state index in [4.69, 9.17) is 4.74 Å². The standard InChI is InChI=1S/C32H41N3O3/c1-32(2,3)38-31(37)35-29(23-27-19-12-22-33-24-27)30(36)34-28(20-10-17-25-13-6-4-7-14-25)21-11-18-26-15-8-5-9-16-26/h4-9,12-16,19,22,24,28-29H,10-11,17-18,20-21,23H2,1-3H3,(H,34,36)(H,35,37). The van der Waals surface area contributed by atoms with Crippen molar-refractivity contribution in [2.75, 3.05) is 0 Å². The van der Waals surface area contributed by atoms with Gasteiger partial charge in [-0.15, -0.1) is 0 Å². The molecule has 1 atom stereocenters. The van der Waals surface area contributed by atoms with Gasteiger partial charge in [0.25, 0.3) is 0 Å². The fourth-order valence-corrected chi connectivity index (χ4v) is 4.40. The number of benzene rings is 2. The number of hydrogen-bond acceptors (Lipinski definition) is 4. The van der Waals surface area contributed by atoms with E-state index >= 15 is 0 Å². The summed E-state index contributed by atoms with van der Waals surface area (Å²) in [6, 6.07) is 23.8. The lowest BCUT2D eigenvalue weighted by Gasteiger charge is -2.26. The van der Waals surface area contributed by atoms with Crippen LogP contribution in [0, 0.1) is 0 Å². The van der Waals surface area contributed by atoms with E-state index in [0.29, 0.717) is 6.42 Å². The molecule has 2 N–H and O–H groups in total. The summed E-state index contributed by atoms with van der Waals surface area (Å²) in [5.74, 6) is -0.205. The van der Waals surface area contributed by atoms with E-state index in [1.807, 2.05) is 24.3 Å². The molecule has 6 nitrogen and oxygen atoms in total. The minimum Gasteiger partial charge on any atom is -0.444 e. The van der Waals surface area contributed by atoms with E-state index in [2.05, 4.69) is 64.1 Å². The van der Waals surface area contributed by atoms with E-state index < -0.39 is 17.7 Å². The Bertz CT molecular complexity index is 1050. The zero-order valence-electron chi connectivity index (χ0n) is 22.9. The normalized spacial score (nSPS) is 12.1. The molecule has 0 aliphatic heterocycles. The lowest BCUT2D eigenvalue weighted by molar-refractivity contribution is -0.124. The van der Waals surface area contributed by atoms with Crippen molar-refractivity contribution in [3.8, 4) is 0 Å². The summed E-state index contributed by atoms with van der Waals surface area (Å²) < 4.78 is 5.44. The Kier molecular flexibility index (Phi) is 11.3. The third-order valence-electron chi connectivity index (χ3n) is 6.24. The van der Waals surface area contributed by atoms with Crippen LogP contribution in [0.15, 0.2) is 85.2 Å². The molecule has 0 spiro atoms. The van der Waals surface area contributed by atoms with Crippen molar-refractivity contribution in [1.82, 2.24) is 15.6 Å².